The molecule has 10 N–H and O–H groups in total. The quantitative estimate of drug-likeness (QED) is 0.0528. The van der Waals surface area contributed by atoms with Crippen molar-refractivity contribution in [3.05, 3.63) is 0 Å². The number of rotatable bonds is 34. The van der Waals surface area contributed by atoms with Crippen LogP contribution < -0.4 is 33.6 Å². The molecule has 0 bridgehead atoms. The minimum Gasteiger partial charge on any atom is -0.355 e. The lowest BCUT2D eigenvalue weighted by Gasteiger charge is -2.23. The smallest absolute Gasteiger partial charge is 0.236 e. The van der Waals surface area contributed by atoms with Crippen LogP contribution in [0.2, 0.25) is 0 Å². The number of carbonyl (C=O) groups excluding carboxylic acids is 3. The molecule has 0 heterocycles. The molecule has 0 spiro atoms. The van der Waals surface area contributed by atoms with Crippen molar-refractivity contribution < 1.29 is 14.4 Å². The first-order chi connectivity index (χ1) is 22.4. The first-order valence-electron chi connectivity index (χ1n) is 19.1. The van der Waals surface area contributed by atoms with E-state index >= 15 is 0 Å². The van der Waals surface area contributed by atoms with E-state index in [-0.39, 0.29) is 17.7 Å². The highest BCUT2D eigenvalue weighted by Crippen LogP contribution is 2.13. The molecular weight excluding hydrogens is 578 g/mol. The Balaban J connectivity index is 4.34. The fourth-order valence-corrected chi connectivity index (χ4v) is 5.63. The summed E-state index contributed by atoms with van der Waals surface area (Å²) in [6, 6.07) is -0.906. The van der Waals surface area contributed by atoms with Gasteiger partial charge in [-0.2, -0.15) is 0 Å². The van der Waals surface area contributed by atoms with Gasteiger partial charge in [0.1, 0.15) is 0 Å². The Morgan fingerprint density at radius 2 is 0.913 bits per heavy atom. The fraction of sp³-hybridized carbons (Fsp3) is 0.917. The van der Waals surface area contributed by atoms with Crippen molar-refractivity contribution in [2.75, 3.05) is 39.3 Å². The van der Waals surface area contributed by atoms with Crippen LogP contribution in [0.25, 0.3) is 0 Å². The van der Waals surface area contributed by atoms with Gasteiger partial charge in [-0.25, -0.2) is 0 Å². The van der Waals surface area contributed by atoms with Gasteiger partial charge < -0.3 is 38.5 Å². The molecule has 10 heteroatoms. The molecule has 46 heavy (non-hydrogen) atoms. The van der Waals surface area contributed by atoms with Crippen LogP contribution >= 0.6 is 0 Å². The Kier molecular flexibility index (Phi) is 31.9. The summed E-state index contributed by atoms with van der Waals surface area (Å²) >= 11 is 0. The monoisotopic (exact) mass is 654 g/mol. The Morgan fingerprint density at radius 3 is 1.35 bits per heavy atom. The van der Waals surface area contributed by atoms with Crippen molar-refractivity contribution in [3.8, 4) is 0 Å². The SMILES string of the molecule is CCCCCCCCCCCC(=O)N(CCCCCCNC(=O)[C@@H](N)CCCCN)CCCCCCNC(=O)[C@@H](N)CCCCN. The number of nitrogens with two attached hydrogens (primary N) is 4. The van der Waals surface area contributed by atoms with E-state index in [0.717, 1.165) is 103 Å². The molecule has 0 unspecified atom stereocenters. The van der Waals surface area contributed by atoms with Crippen molar-refractivity contribution in [2.45, 2.75) is 173 Å². The molecule has 0 aliphatic carbocycles. The lowest BCUT2D eigenvalue weighted by molar-refractivity contribution is -0.131. The van der Waals surface area contributed by atoms with Gasteiger partial charge in [-0.05, 0) is 70.9 Å². The summed E-state index contributed by atoms with van der Waals surface area (Å²) in [5.74, 6) is 0.138. The molecular formula is C36H75N7O3. The van der Waals surface area contributed by atoms with Gasteiger partial charge in [0.2, 0.25) is 17.7 Å². The normalized spacial score (nSPS) is 12.5. The van der Waals surface area contributed by atoms with Crippen molar-refractivity contribution in [2.24, 2.45) is 22.9 Å². The molecule has 0 aliphatic rings. The van der Waals surface area contributed by atoms with Gasteiger partial charge in [0.25, 0.3) is 0 Å². The van der Waals surface area contributed by atoms with Gasteiger partial charge in [-0.1, -0.05) is 96.8 Å². The second kappa shape index (κ2) is 33.2. The summed E-state index contributed by atoms with van der Waals surface area (Å²) in [7, 11) is 0. The highest BCUT2D eigenvalue weighted by atomic mass is 16.2. The van der Waals surface area contributed by atoms with Crippen LogP contribution in [0.1, 0.15) is 161 Å². The maximum Gasteiger partial charge on any atom is 0.236 e. The Labute approximate surface area is 282 Å². The van der Waals surface area contributed by atoms with E-state index in [4.69, 9.17) is 22.9 Å². The maximum atomic E-state index is 13.1. The zero-order valence-electron chi connectivity index (χ0n) is 29.8. The predicted octanol–water partition coefficient (Wildman–Crippen LogP) is 5.00. The minimum atomic E-state index is -0.453. The van der Waals surface area contributed by atoms with Crippen molar-refractivity contribution in [1.29, 1.82) is 0 Å². The molecule has 0 aromatic heterocycles. The van der Waals surface area contributed by atoms with Gasteiger partial charge in [-0.15, -0.1) is 0 Å². The molecule has 0 saturated heterocycles. The molecule has 0 rings (SSSR count). The third kappa shape index (κ3) is 27.4. The number of amides is 3. The van der Waals surface area contributed by atoms with E-state index in [2.05, 4.69) is 22.5 Å². The molecule has 0 radical (unpaired) electrons. The number of carbonyl (C=O) groups is 3. The van der Waals surface area contributed by atoms with Gasteiger partial charge in [0.15, 0.2) is 0 Å². The number of hydrogen-bond donors (Lipinski definition) is 6. The third-order valence-corrected chi connectivity index (χ3v) is 8.77. The van der Waals surface area contributed by atoms with Gasteiger partial charge in [-0.3, -0.25) is 14.4 Å². The lowest BCUT2D eigenvalue weighted by Crippen LogP contribution is -2.40. The summed E-state index contributed by atoms with van der Waals surface area (Å²) < 4.78 is 0. The Hall–Kier alpha value is -1.75. The predicted molar refractivity (Wildman–Crippen MR) is 193 cm³/mol. The summed E-state index contributed by atoms with van der Waals surface area (Å²) in [5, 5.41) is 5.91. The topological polar surface area (TPSA) is 183 Å². The largest absolute Gasteiger partial charge is 0.355 e. The van der Waals surface area contributed by atoms with E-state index < -0.39 is 12.1 Å². The number of hydrogen-bond acceptors (Lipinski definition) is 7. The van der Waals surface area contributed by atoms with E-state index in [9.17, 15) is 14.4 Å². The molecule has 0 aliphatic heterocycles. The van der Waals surface area contributed by atoms with Crippen LogP contribution in [0.15, 0.2) is 0 Å². The molecule has 272 valence electrons. The molecule has 10 nitrogen and oxygen atoms in total. The van der Waals surface area contributed by atoms with Gasteiger partial charge in [0, 0.05) is 32.6 Å². The summed E-state index contributed by atoms with van der Waals surface area (Å²) in [4.78, 5) is 39.5. The number of nitrogens with one attached hydrogen (secondary N) is 2. The van der Waals surface area contributed by atoms with Crippen LogP contribution in [0.4, 0.5) is 0 Å². The zero-order chi connectivity index (χ0) is 34.1. The molecule has 0 fully saturated rings. The number of unbranched alkanes of at least 4 members (excludes halogenated alkanes) is 16. The fourth-order valence-electron chi connectivity index (χ4n) is 5.63. The first-order valence-corrected chi connectivity index (χ1v) is 19.1. The van der Waals surface area contributed by atoms with Gasteiger partial charge >= 0.3 is 0 Å². The van der Waals surface area contributed by atoms with Crippen LogP contribution in [-0.2, 0) is 14.4 Å². The zero-order valence-corrected chi connectivity index (χ0v) is 29.8. The van der Waals surface area contributed by atoms with Crippen LogP contribution in [0.5, 0.6) is 0 Å². The third-order valence-electron chi connectivity index (χ3n) is 8.77. The Bertz CT molecular complexity index is 684. The summed E-state index contributed by atoms with van der Waals surface area (Å²) in [6.45, 7) is 6.39. The highest BCUT2D eigenvalue weighted by molar-refractivity contribution is 5.81. The maximum absolute atomic E-state index is 13.1. The Morgan fingerprint density at radius 1 is 0.522 bits per heavy atom. The molecule has 0 saturated carbocycles. The van der Waals surface area contributed by atoms with Crippen molar-refractivity contribution in [1.82, 2.24) is 15.5 Å². The van der Waals surface area contributed by atoms with Crippen molar-refractivity contribution >= 4 is 17.7 Å². The number of nitrogens with zero attached hydrogens (tertiary/aromatic N) is 1. The highest BCUT2D eigenvalue weighted by Gasteiger charge is 2.14. The van der Waals surface area contributed by atoms with Crippen molar-refractivity contribution in [3.63, 3.8) is 0 Å². The molecule has 3 amide bonds. The van der Waals surface area contributed by atoms with Crippen LogP contribution in [0.3, 0.4) is 0 Å². The van der Waals surface area contributed by atoms with Crippen LogP contribution in [-0.4, -0.2) is 74.0 Å². The summed E-state index contributed by atoms with van der Waals surface area (Å²) in [6.07, 6.45) is 24.7. The standard InChI is InChI=1S/C36H75N7O3/c1-2-3-4-5-6-7-8-9-14-25-34(44)43(30-21-12-10-19-28-41-35(45)32(39)23-15-17-26-37)31-22-13-11-20-29-42-36(46)33(40)24-16-18-27-38/h32-33H,2-31,37-40H2,1H3,(H,41,45)(H,42,46)/t32-,33-/m0/s1. The first kappa shape index (κ1) is 44.2. The molecule has 2 atom stereocenters. The minimum absolute atomic E-state index is 0.0745. The second-order valence-corrected chi connectivity index (χ2v) is 13.2. The summed E-state index contributed by atoms with van der Waals surface area (Å²) in [5.41, 5.74) is 23.0. The van der Waals surface area contributed by atoms with Crippen LogP contribution in [0, 0.1) is 0 Å². The van der Waals surface area contributed by atoms with E-state index in [1.807, 2.05) is 0 Å². The van der Waals surface area contributed by atoms with E-state index in [1.54, 1.807) is 0 Å². The average Bonchev–Trinajstić information content (AvgIpc) is 3.05. The second-order valence-electron chi connectivity index (χ2n) is 13.2. The van der Waals surface area contributed by atoms with E-state index in [1.165, 1.54) is 44.9 Å². The molecule has 0 aromatic rings. The van der Waals surface area contributed by atoms with Gasteiger partial charge in [0.05, 0.1) is 12.1 Å². The lowest BCUT2D eigenvalue weighted by atomic mass is 10.1. The van der Waals surface area contributed by atoms with E-state index in [0.29, 0.717) is 45.4 Å². The molecule has 0 aromatic carbocycles. The average molecular weight is 654 g/mol.